The van der Waals surface area contributed by atoms with E-state index in [4.69, 9.17) is 0 Å². The Kier molecular flexibility index (Phi) is 5.89. The van der Waals surface area contributed by atoms with Crippen LogP contribution in [0.3, 0.4) is 0 Å². The zero-order chi connectivity index (χ0) is 10.5. The molecule has 0 saturated carbocycles. The van der Waals surface area contributed by atoms with E-state index in [9.17, 15) is 4.80 Å². The van der Waals surface area contributed by atoms with Crippen molar-refractivity contribution < 1.29 is 4.80 Å². The van der Waals surface area contributed by atoms with Crippen molar-refractivity contribution in [2.75, 3.05) is 0 Å². The van der Waals surface area contributed by atoms with E-state index in [0.717, 1.165) is 6.42 Å². The zero-order valence-corrected chi connectivity index (χ0v) is 11.0. The van der Waals surface area contributed by atoms with Crippen LogP contribution in [0.15, 0.2) is 0 Å². The first kappa shape index (κ1) is 13.2. The van der Waals surface area contributed by atoms with Crippen LogP contribution in [0.25, 0.3) is 0 Å². The van der Waals surface area contributed by atoms with Gasteiger partial charge in [-0.15, -0.1) is 0 Å². The quantitative estimate of drug-likeness (QED) is 0.459. The van der Waals surface area contributed by atoms with Crippen molar-refractivity contribution in [2.45, 2.75) is 70.9 Å². The number of hydrogen-bond acceptors (Lipinski definition) is 0. The first-order chi connectivity index (χ1) is 5.91. The molecule has 0 N–H and O–H groups in total. The van der Waals surface area contributed by atoms with E-state index in [1.165, 1.54) is 19.3 Å². The summed E-state index contributed by atoms with van der Waals surface area (Å²) in [5.41, 5.74) is 0.400. The largest absolute Gasteiger partial charge is 0.301 e. The third-order valence-corrected chi connectivity index (χ3v) is 5.84. The van der Waals surface area contributed by atoms with Gasteiger partial charge in [-0.2, -0.15) is 0 Å². The predicted molar refractivity (Wildman–Crippen MR) is 61.1 cm³/mol. The third-order valence-electron chi connectivity index (χ3n) is 2.80. The Morgan fingerprint density at radius 1 is 1.23 bits per heavy atom. The van der Waals surface area contributed by atoms with Crippen molar-refractivity contribution in [1.29, 1.82) is 0 Å². The van der Waals surface area contributed by atoms with Gasteiger partial charge in [0.05, 0.1) is 0 Å². The predicted octanol–water partition coefficient (Wildman–Crippen LogP) is 3.91. The molecule has 0 aliphatic heterocycles. The Bertz CT molecular complexity index is 132. The van der Waals surface area contributed by atoms with Crippen LogP contribution < -0.4 is 0 Å². The van der Waals surface area contributed by atoms with Gasteiger partial charge in [0.2, 0.25) is 9.04 Å². The number of rotatable bonds is 6. The first-order valence-corrected chi connectivity index (χ1v) is 7.29. The normalized spacial score (nSPS) is 15.0. The molecule has 0 aliphatic carbocycles. The minimum absolute atomic E-state index is 0.114. The fraction of sp³-hybridized carbons (Fsp3) is 1.00. The van der Waals surface area contributed by atoms with E-state index in [1.54, 1.807) is 0 Å². The fourth-order valence-corrected chi connectivity index (χ4v) is 4.17. The number of unbranched alkanes of at least 4 members (excludes halogenated alkanes) is 2. The van der Waals surface area contributed by atoms with Gasteiger partial charge in [0, 0.05) is 0 Å². The van der Waals surface area contributed by atoms with Gasteiger partial charge < -0.3 is 4.80 Å². The zero-order valence-electron chi connectivity index (χ0n) is 9.89. The molecule has 0 spiro atoms. The monoisotopic (exact) mass is 201 g/mol. The van der Waals surface area contributed by atoms with Crippen LogP contribution in [0.2, 0.25) is 10.6 Å². The van der Waals surface area contributed by atoms with Gasteiger partial charge in [-0.25, -0.2) is 0 Å². The van der Waals surface area contributed by atoms with Gasteiger partial charge in [0.15, 0.2) is 0 Å². The molecule has 1 atom stereocenters. The molecule has 1 nitrogen and oxygen atoms in total. The van der Waals surface area contributed by atoms with E-state index >= 15 is 0 Å². The van der Waals surface area contributed by atoms with Gasteiger partial charge in [-0.3, -0.25) is 0 Å². The smallest absolute Gasteiger partial charge is 0.230 e. The highest BCUT2D eigenvalue weighted by Gasteiger charge is 2.33. The van der Waals surface area contributed by atoms with E-state index in [1.807, 2.05) is 0 Å². The average molecular weight is 201 g/mol. The lowest BCUT2D eigenvalue weighted by Crippen LogP contribution is -2.29. The van der Waals surface area contributed by atoms with Gasteiger partial charge in [-0.05, 0) is 17.0 Å². The molecule has 79 valence electrons. The maximum Gasteiger partial charge on any atom is 0.230 e. The summed E-state index contributed by atoms with van der Waals surface area (Å²) in [6, 6.07) is 0. The third kappa shape index (κ3) is 4.82. The molecule has 0 amide bonds. The molecule has 0 bridgehead atoms. The molecule has 0 aromatic heterocycles. The van der Waals surface area contributed by atoms with E-state index in [-0.39, 0.29) is 5.04 Å². The number of hydrogen-bond donors (Lipinski definition) is 0. The van der Waals surface area contributed by atoms with Gasteiger partial charge in [-0.1, -0.05) is 53.9 Å². The Hall–Kier alpha value is 0.177. The molecule has 1 radical (unpaired) electrons. The van der Waals surface area contributed by atoms with E-state index in [0.29, 0.717) is 5.54 Å². The maximum atomic E-state index is 12.0. The van der Waals surface area contributed by atoms with Crippen molar-refractivity contribution in [1.82, 2.24) is 0 Å². The summed E-state index contributed by atoms with van der Waals surface area (Å²) in [4.78, 5) is 12.0. The van der Waals surface area contributed by atoms with Gasteiger partial charge >= 0.3 is 0 Å². The second-order valence-corrected chi connectivity index (χ2v) is 8.85. The molecule has 2 heteroatoms. The highest BCUT2D eigenvalue weighted by molar-refractivity contribution is 6.55. The van der Waals surface area contributed by atoms with Crippen molar-refractivity contribution in [3.05, 3.63) is 0 Å². The molecule has 0 heterocycles. The van der Waals surface area contributed by atoms with Gasteiger partial charge in [0.1, 0.15) is 0 Å². The molecule has 0 saturated heterocycles. The minimum atomic E-state index is -1.78. The summed E-state index contributed by atoms with van der Waals surface area (Å²) in [6.07, 6.45) is 4.91. The maximum absolute atomic E-state index is 12.0. The molecule has 13 heavy (non-hydrogen) atoms. The molecule has 0 fully saturated rings. The van der Waals surface area contributed by atoms with Crippen molar-refractivity contribution >= 4 is 9.04 Å². The summed E-state index contributed by atoms with van der Waals surface area (Å²) in [5, 5.41) is 0.114. The first-order valence-electron chi connectivity index (χ1n) is 5.57. The molecule has 1 unspecified atom stereocenters. The Labute approximate surface area is 85.3 Å². The Balaban J connectivity index is 3.91. The molecule has 0 aromatic rings. The standard InChI is InChI=1S/C11H25OSi/c1-6-7-8-9-11(4,5)13(12)10(2)3/h10,13H,6-9H2,1-5H3. The van der Waals surface area contributed by atoms with Crippen LogP contribution in [0.4, 0.5) is 0 Å². The lowest BCUT2D eigenvalue weighted by molar-refractivity contribution is 0.375. The fourth-order valence-electron chi connectivity index (χ4n) is 1.88. The van der Waals surface area contributed by atoms with Crippen LogP contribution in [-0.2, 0) is 4.80 Å². The highest BCUT2D eigenvalue weighted by Crippen LogP contribution is 2.38. The summed E-state index contributed by atoms with van der Waals surface area (Å²) in [6.45, 7) is 10.7. The molecular formula is C11H25OSi. The molecule has 0 rings (SSSR count). The summed E-state index contributed by atoms with van der Waals surface area (Å²) in [5.74, 6) is 0. The highest BCUT2D eigenvalue weighted by atomic mass is 28.3. The van der Waals surface area contributed by atoms with Crippen molar-refractivity contribution in [3.8, 4) is 0 Å². The summed E-state index contributed by atoms with van der Waals surface area (Å²) in [7, 11) is -1.78. The molecular weight excluding hydrogens is 176 g/mol. The van der Waals surface area contributed by atoms with Crippen molar-refractivity contribution in [3.63, 3.8) is 0 Å². The van der Waals surface area contributed by atoms with Crippen LogP contribution in [0, 0.1) is 0 Å². The van der Waals surface area contributed by atoms with Crippen LogP contribution in [0.5, 0.6) is 0 Å². The van der Waals surface area contributed by atoms with Crippen molar-refractivity contribution in [2.24, 2.45) is 0 Å². The minimum Gasteiger partial charge on any atom is -0.301 e. The van der Waals surface area contributed by atoms with Crippen LogP contribution >= 0.6 is 0 Å². The average Bonchev–Trinajstić information content (AvgIpc) is 2.03. The van der Waals surface area contributed by atoms with Gasteiger partial charge in [0.25, 0.3) is 0 Å². The van der Waals surface area contributed by atoms with Crippen LogP contribution in [-0.4, -0.2) is 9.04 Å². The SMILES string of the molecule is CCCCCC(C)(C)[SiH]([O])C(C)C. The Morgan fingerprint density at radius 2 is 1.77 bits per heavy atom. The second-order valence-electron chi connectivity index (χ2n) is 5.11. The second kappa shape index (κ2) is 5.81. The summed E-state index contributed by atoms with van der Waals surface area (Å²) >= 11 is 0. The lowest BCUT2D eigenvalue weighted by Gasteiger charge is -2.29. The van der Waals surface area contributed by atoms with E-state index in [2.05, 4.69) is 34.6 Å². The summed E-state index contributed by atoms with van der Waals surface area (Å²) < 4.78 is 0. The van der Waals surface area contributed by atoms with E-state index < -0.39 is 9.04 Å². The van der Waals surface area contributed by atoms with Crippen LogP contribution in [0.1, 0.15) is 60.3 Å². The molecule has 0 aliphatic rings. The Morgan fingerprint density at radius 3 is 2.15 bits per heavy atom. The topological polar surface area (TPSA) is 19.9 Å². The molecule has 0 aromatic carbocycles. The lowest BCUT2D eigenvalue weighted by atomic mass is 10.0.